The van der Waals surface area contributed by atoms with E-state index in [0.717, 1.165) is 5.69 Å². The molecule has 0 aliphatic heterocycles. The van der Waals surface area contributed by atoms with Crippen LogP contribution in [-0.2, 0) is 4.79 Å². The summed E-state index contributed by atoms with van der Waals surface area (Å²) in [5, 5.41) is 3.11. The maximum absolute atomic E-state index is 11.7. The Balaban J connectivity index is 2.58. The zero-order valence-corrected chi connectivity index (χ0v) is 11.8. The van der Waals surface area contributed by atoms with Crippen LogP contribution in [0.2, 0.25) is 0 Å². The molecule has 0 unspecified atom stereocenters. The molecule has 0 fully saturated rings. The van der Waals surface area contributed by atoms with Crippen molar-refractivity contribution in [2.75, 3.05) is 40.1 Å². The summed E-state index contributed by atoms with van der Waals surface area (Å²) in [6, 6.07) is 3.45. The SMILES string of the molecule is CN(C)C(=O)CCNc1ccnc(C(=O)N(C)C)c1. The molecule has 0 radical (unpaired) electrons. The average Bonchev–Trinajstić information content (AvgIpc) is 2.37. The van der Waals surface area contributed by atoms with E-state index in [2.05, 4.69) is 10.3 Å². The van der Waals surface area contributed by atoms with Crippen LogP contribution in [0.4, 0.5) is 5.69 Å². The van der Waals surface area contributed by atoms with Crippen molar-refractivity contribution >= 4 is 17.5 Å². The monoisotopic (exact) mass is 264 g/mol. The average molecular weight is 264 g/mol. The van der Waals surface area contributed by atoms with Crippen LogP contribution in [-0.4, -0.2) is 61.3 Å². The van der Waals surface area contributed by atoms with Crippen molar-refractivity contribution in [3.05, 3.63) is 24.0 Å². The van der Waals surface area contributed by atoms with E-state index in [4.69, 9.17) is 0 Å². The van der Waals surface area contributed by atoms with Crippen LogP contribution < -0.4 is 5.32 Å². The Bertz CT molecular complexity index is 458. The summed E-state index contributed by atoms with van der Waals surface area (Å²) in [6.07, 6.45) is 1.99. The molecule has 1 aromatic heterocycles. The summed E-state index contributed by atoms with van der Waals surface area (Å²) in [5.41, 5.74) is 1.17. The lowest BCUT2D eigenvalue weighted by Gasteiger charge is -2.12. The van der Waals surface area contributed by atoms with E-state index < -0.39 is 0 Å². The highest BCUT2D eigenvalue weighted by Crippen LogP contribution is 2.09. The Morgan fingerprint density at radius 2 is 1.89 bits per heavy atom. The smallest absolute Gasteiger partial charge is 0.272 e. The molecule has 1 rings (SSSR count). The molecule has 0 bridgehead atoms. The first kappa shape index (κ1) is 14.9. The molecule has 6 nitrogen and oxygen atoms in total. The molecule has 104 valence electrons. The molecule has 0 atom stereocenters. The van der Waals surface area contributed by atoms with Crippen LogP contribution in [0.5, 0.6) is 0 Å². The molecular formula is C13H20N4O2. The summed E-state index contributed by atoms with van der Waals surface area (Å²) >= 11 is 0. The fourth-order valence-corrected chi connectivity index (χ4v) is 1.42. The Morgan fingerprint density at radius 3 is 2.47 bits per heavy atom. The second-order valence-corrected chi connectivity index (χ2v) is 4.59. The van der Waals surface area contributed by atoms with Crippen molar-refractivity contribution in [3.8, 4) is 0 Å². The third-order valence-electron chi connectivity index (χ3n) is 2.55. The van der Waals surface area contributed by atoms with Crippen LogP contribution in [0.15, 0.2) is 18.3 Å². The van der Waals surface area contributed by atoms with Crippen LogP contribution in [0.25, 0.3) is 0 Å². The summed E-state index contributed by atoms with van der Waals surface area (Å²) in [6.45, 7) is 0.524. The molecule has 1 aromatic rings. The lowest BCUT2D eigenvalue weighted by Crippen LogP contribution is -2.24. The largest absolute Gasteiger partial charge is 0.384 e. The first-order valence-corrected chi connectivity index (χ1v) is 6.03. The van der Waals surface area contributed by atoms with E-state index in [0.29, 0.717) is 18.7 Å². The molecule has 0 aliphatic carbocycles. The Labute approximate surface area is 113 Å². The van der Waals surface area contributed by atoms with Crippen molar-refractivity contribution in [1.82, 2.24) is 14.8 Å². The van der Waals surface area contributed by atoms with Crippen LogP contribution in [0.1, 0.15) is 16.9 Å². The van der Waals surface area contributed by atoms with Gasteiger partial charge in [0.1, 0.15) is 5.69 Å². The van der Waals surface area contributed by atoms with E-state index >= 15 is 0 Å². The number of anilines is 1. The first-order chi connectivity index (χ1) is 8.91. The Kier molecular flexibility index (Phi) is 5.29. The van der Waals surface area contributed by atoms with Crippen molar-refractivity contribution in [1.29, 1.82) is 0 Å². The van der Waals surface area contributed by atoms with E-state index in [-0.39, 0.29) is 11.8 Å². The number of amides is 2. The normalized spacial score (nSPS) is 9.89. The van der Waals surface area contributed by atoms with Crippen LogP contribution in [0, 0.1) is 0 Å². The standard InChI is InChI=1S/C13H20N4O2/c1-16(2)12(18)6-8-14-10-5-7-15-11(9-10)13(19)17(3)4/h5,7,9H,6,8H2,1-4H3,(H,14,15). The second-order valence-electron chi connectivity index (χ2n) is 4.59. The minimum absolute atomic E-state index is 0.0612. The van der Waals surface area contributed by atoms with Gasteiger partial charge in [-0.1, -0.05) is 0 Å². The van der Waals surface area contributed by atoms with Crippen molar-refractivity contribution in [3.63, 3.8) is 0 Å². The molecular weight excluding hydrogens is 244 g/mol. The number of aromatic nitrogens is 1. The molecule has 6 heteroatoms. The molecule has 1 heterocycles. The van der Waals surface area contributed by atoms with Gasteiger partial charge in [-0.05, 0) is 12.1 Å². The first-order valence-electron chi connectivity index (χ1n) is 6.03. The predicted molar refractivity (Wildman–Crippen MR) is 74.1 cm³/mol. The van der Waals surface area contributed by atoms with Gasteiger partial charge in [-0.2, -0.15) is 0 Å². The molecule has 0 saturated carbocycles. The van der Waals surface area contributed by atoms with Crippen molar-refractivity contribution < 1.29 is 9.59 Å². The van der Waals surface area contributed by atoms with Gasteiger partial charge in [-0.3, -0.25) is 14.6 Å². The zero-order valence-electron chi connectivity index (χ0n) is 11.8. The molecule has 0 aliphatic rings. The Hall–Kier alpha value is -2.11. The van der Waals surface area contributed by atoms with E-state index in [9.17, 15) is 9.59 Å². The lowest BCUT2D eigenvalue weighted by atomic mass is 10.3. The minimum atomic E-state index is -0.145. The van der Waals surface area contributed by atoms with Gasteiger partial charge < -0.3 is 15.1 Å². The highest BCUT2D eigenvalue weighted by atomic mass is 16.2. The molecule has 1 N–H and O–H groups in total. The van der Waals surface area contributed by atoms with E-state index in [1.54, 1.807) is 51.4 Å². The van der Waals surface area contributed by atoms with Gasteiger partial charge in [0.15, 0.2) is 0 Å². The van der Waals surface area contributed by atoms with Gasteiger partial charge >= 0.3 is 0 Å². The van der Waals surface area contributed by atoms with Crippen molar-refractivity contribution in [2.24, 2.45) is 0 Å². The fraction of sp³-hybridized carbons (Fsp3) is 0.462. The topological polar surface area (TPSA) is 65.5 Å². The number of carbonyl (C=O) groups is 2. The lowest BCUT2D eigenvalue weighted by molar-refractivity contribution is -0.128. The highest BCUT2D eigenvalue weighted by molar-refractivity contribution is 5.92. The van der Waals surface area contributed by atoms with Gasteiger partial charge in [0, 0.05) is 53.0 Å². The van der Waals surface area contributed by atoms with Gasteiger partial charge in [0.05, 0.1) is 0 Å². The third-order valence-corrected chi connectivity index (χ3v) is 2.55. The zero-order chi connectivity index (χ0) is 14.4. The summed E-state index contributed by atoms with van der Waals surface area (Å²) in [5.74, 6) is -0.0841. The van der Waals surface area contributed by atoms with Gasteiger partial charge in [-0.15, -0.1) is 0 Å². The highest BCUT2D eigenvalue weighted by Gasteiger charge is 2.10. The van der Waals surface area contributed by atoms with E-state index in [1.165, 1.54) is 4.90 Å². The van der Waals surface area contributed by atoms with Gasteiger partial charge in [-0.25, -0.2) is 0 Å². The maximum Gasteiger partial charge on any atom is 0.272 e. The Morgan fingerprint density at radius 1 is 1.21 bits per heavy atom. The number of hydrogen-bond donors (Lipinski definition) is 1. The number of nitrogens with one attached hydrogen (secondary N) is 1. The van der Waals surface area contributed by atoms with Gasteiger partial charge in [0.2, 0.25) is 5.91 Å². The number of hydrogen-bond acceptors (Lipinski definition) is 4. The molecule has 2 amide bonds. The minimum Gasteiger partial charge on any atom is -0.384 e. The predicted octanol–water partition coefficient (Wildman–Crippen LogP) is 0.674. The fourth-order valence-electron chi connectivity index (χ4n) is 1.42. The molecule has 0 spiro atoms. The summed E-state index contributed by atoms with van der Waals surface area (Å²) < 4.78 is 0. The van der Waals surface area contributed by atoms with Crippen LogP contribution in [0.3, 0.4) is 0 Å². The maximum atomic E-state index is 11.7. The number of carbonyl (C=O) groups excluding carboxylic acids is 2. The van der Waals surface area contributed by atoms with Crippen LogP contribution >= 0.6 is 0 Å². The number of nitrogens with zero attached hydrogens (tertiary/aromatic N) is 3. The summed E-state index contributed by atoms with van der Waals surface area (Å²) in [7, 11) is 6.81. The number of rotatable bonds is 5. The molecule has 19 heavy (non-hydrogen) atoms. The van der Waals surface area contributed by atoms with E-state index in [1.807, 2.05) is 0 Å². The third kappa shape index (κ3) is 4.57. The number of pyridine rings is 1. The van der Waals surface area contributed by atoms with Gasteiger partial charge in [0.25, 0.3) is 5.91 Å². The second kappa shape index (κ2) is 6.72. The quantitative estimate of drug-likeness (QED) is 0.849. The summed E-state index contributed by atoms with van der Waals surface area (Å²) in [4.78, 5) is 30.2. The molecule has 0 aromatic carbocycles. The van der Waals surface area contributed by atoms with Crippen molar-refractivity contribution in [2.45, 2.75) is 6.42 Å². The molecule has 0 saturated heterocycles.